The SMILES string of the molecule is NC[C@@H]1CCN(Cc2nc(C(F)(F)F)no2)C1. The minimum Gasteiger partial charge on any atom is -0.338 e. The molecule has 1 aromatic heterocycles. The molecular formula is C9H13F3N4O. The number of nitrogens with zero attached hydrogens (tertiary/aromatic N) is 3. The van der Waals surface area contributed by atoms with Crippen molar-refractivity contribution in [2.24, 2.45) is 11.7 Å². The summed E-state index contributed by atoms with van der Waals surface area (Å²) in [5.74, 6) is -0.822. The largest absolute Gasteiger partial charge is 0.455 e. The van der Waals surface area contributed by atoms with Gasteiger partial charge in [-0.2, -0.15) is 18.2 Å². The van der Waals surface area contributed by atoms with E-state index in [4.69, 9.17) is 5.73 Å². The van der Waals surface area contributed by atoms with Crippen LogP contribution < -0.4 is 5.73 Å². The molecule has 0 aromatic carbocycles. The molecule has 0 bridgehead atoms. The Bertz CT molecular complexity index is 379. The van der Waals surface area contributed by atoms with Crippen molar-refractivity contribution >= 4 is 0 Å². The Hall–Kier alpha value is -1.15. The van der Waals surface area contributed by atoms with Crippen LogP contribution in [0.1, 0.15) is 18.1 Å². The number of hydrogen-bond donors (Lipinski definition) is 1. The summed E-state index contributed by atoms with van der Waals surface area (Å²) < 4.78 is 41.2. The third-order valence-corrected chi connectivity index (χ3v) is 2.78. The number of alkyl halides is 3. The predicted octanol–water partition coefficient (Wildman–Crippen LogP) is 0.869. The van der Waals surface area contributed by atoms with Gasteiger partial charge in [0.1, 0.15) is 0 Å². The molecule has 1 saturated heterocycles. The van der Waals surface area contributed by atoms with Crippen molar-refractivity contribution < 1.29 is 17.7 Å². The molecule has 0 saturated carbocycles. The highest BCUT2D eigenvalue weighted by Crippen LogP contribution is 2.26. The lowest BCUT2D eigenvalue weighted by Gasteiger charge is -2.12. The van der Waals surface area contributed by atoms with Crippen molar-refractivity contribution in [2.75, 3.05) is 19.6 Å². The molecule has 0 aliphatic carbocycles. The topological polar surface area (TPSA) is 68.2 Å². The predicted molar refractivity (Wildman–Crippen MR) is 51.7 cm³/mol. The van der Waals surface area contributed by atoms with Crippen molar-refractivity contribution in [3.05, 3.63) is 11.7 Å². The highest BCUT2D eigenvalue weighted by atomic mass is 19.4. The lowest BCUT2D eigenvalue weighted by Crippen LogP contribution is -2.23. The Kier molecular flexibility index (Phi) is 3.34. The maximum Gasteiger partial charge on any atom is 0.455 e. The zero-order valence-corrected chi connectivity index (χ0v) is 9.07. The molecule has 96 valence electrons. The molecule has 2 rings (SSSR count). The number of rotatable bonds is 3. The molecule has 2 heterocycles. The van der Waals surface area contributed by atoms with Gasteiger partial charge in [0.05, 0.1) is 6.54 Å². The van der Waals surface area contributed by atoms with Gasteiger partial charge >= 0.3 is 6.18 Å². The van der Waals surface area contributed by atoms with Crippen LogP contribution in [0.3, 0.4) is 0 Å². The van der Waals surface area contributed by atoms with E-state index < -0.39 is 12.0 Å². The molecular weight excluding hydrogens is 237 g/mol. The average molecular weight is 250 g/mol. The van der Waals surface area contributed by atoms with Crippen molar-refractivity contribution in [1.82, 2.24) is 15.0 Å². The van der Waals surface area contributed by atoms with E-state index >= 15 is 0 Å². The highest BCUT2D eigenvalue weighted by molar-refractivity contribution is 4.91. The molecule has 1 aliphatic heterocycles. The van der Waals surface area contributed by atoms with Gasteiger partial charge < -0.3 is 10.3 Å². The van der Waals surface area contributed by atoms with Gasteiger partial charge in [-0.15, -0.1) is 0 Å². The second-order valence-electron chi connectivity index (χ2n) is 4.14. The van der Waals surface area contributed by atoms with E-state index in [1.807, 2.05) is 4.90 Å². The molecule has 1 aliphatic rings. The van der Waals surface area contributed by atoms with Crippen LogP contribution in [-0.4, -0.2) is 34.7 Å². The number of likely N-dealkylation sites (tertiary alicyclic amines) is 1. The van der Waals surface area contributed by atoms with Gasteiger partial charge in [-0.1, -0.05) is 5.16 Å². The molecule has 1 fully saturated rings. The first-order valence-electron chi connectivity index (χ1n) is 5.31. The Morgan fingerprint density at radius 3 is 2.76 bits per heavy atom. The van der Waals surface area contributed by atoms with Gasteiger partial charge in [-0.25, -0.2) is 0 Å². The summed E-state index contributed by atoms with van der Waals surface area (Å²) in [6.07, 6.45) is -3.59. The maximum absolute atomic E-state index is 12.2. The van der Waals surface area contributed by atoms with Crippen LogP contribution >= 0.6 is 0 Å². The van der Waals surface area contributed by atoms with E-state index in [0.717, 1.165) is 19.5 Å². The highest BCUT2D eigenvalue weighted by Gasteiger charge is 2.37. The Morgan fingerprint density at radius 2 is 2.24 bits per heavy atom. The van der Waals surface area contributed by atoms with Crippen LogP contribution in [0.4, 0.5) is 13.2 Å². The monoisotopic (exact) mass is 250 g/mol. The van der Waals surface area contributed by atoms with Crippen molar-refractivity contribution in [2.45, 2.75) is 19.1 Å². The summed E-state index contributed by atoms with van der Waals surface area (Å²) in [5, 5.41) is 2.91. The molecule has 8 heteroatoms. The summed E-state index contributed by atoms with van der Waals surface area (Å²) in [6, 6.07) is 0. The summed E-state index contributed by atoms with van der Waals surface area (Å²) >= 11 is 0. The van der Waals surface area contributed by atoms with Crippen LogP contribution in [0, 0.1) is 5.92 Å². The molecule has 0 spiro atoms. The Labute approximate surface area is 95.8 Å². The van der Waals surface area contributed by atoms with Crippen LogP contribution in [0.25, 0.3) is 0 Å². The van der Waals surface area contributed by atoms with Crippen LogP contribution in [0.5, 0.6) is 0 Å². The normalized spacial score (nSPS) is 22.2. The molecule has 1 atom stereocenters. The number of halogens is 3. The van der Waals surface area contributed by atoms with Gasteiger partial charge in [0.2, 0.25) is 5.89 Å². The van der Waals surface area contributed by atoms with Gasteiger partial charge in [-0.3, -0.25) is 4.90 Å². The molecule has 0 unspecified atom stereocenters. The molecule has 0 radical (unpaired) electrons. The van der Waals surface area contributed by atoms with Crippen LogP contribution in [-0.2, 0) is 12.7 Å². The van der Waals surface area contributed by atoms with Crippen molar-refractivity contribution in [3.63, 3.8) is 0 Å². The molecule has 1 aromatic rings. The zero-order chi connectivity index (χ0) is 12.5. The van der Waals surface area contributed by atoms with E-state index in [-0.39, 0.29) is 12.4 Å². The summed E-state index contributed by atoms with van der Waals surface area (Å²) in [5.41, 5.74) is 5.52. The standard InChI is InChI=1S/C9H13F3N4O/c10-9(11,12)8-14-7(17-15-8)5-16-2-1-6(3-13)4-16/h6H,1-5,13H2/t6-/m0/s1. The maximum atomic E-state index is 12.2. The van der Waals surface area contributed by atoms with Crippen LogP contribution in [0.2, 0.25) is 0 Å². The first kappa shape index (κ1) is 12.3. The Morgan fingerprint density at radius 1 is 1.47 bits per heavy atom. The van der Waals surface area contributed by atoms with Gasteiger partial charge in [0.25, 0.3) is 5.82 Å². The third-order valence-electron chi connectivity index (χ3n) is 2.78. The Balaban J connectivity index is 1.94. The lowest BCUT2D eigenvalue weighted by molar-refractivity contribution is -0.146. The molecule has 0 amide bonds. The first-order chi connectivity index (χ1) is 7.99. The average Bonchev–Trinajstić information content (AvgIpc) is 2.86. The smallest absolute Gasteiger partial charge is 0.338 e. The fourth-order valence-corrected chi connectivity index (χ4v) is 1.87. The van der Waals surface area contributed by atoms with Gasteiger partial charge in [0, 0.05) is 6.54 Å². The van der Waals surface area contributed by atoms with Gasteiger partial charge in [0.15, 0.2) is 0 Å². The quantitative estimate of drug-likeness (QED) is 0.862. The summed E-state index contributed by atoms with van der Waals surface area (Å²) in [4.78, 5) is 5.28. The third kappa shape index (κ3) is 2.95. The van der Waals surface area contributed by atoms with Crippen LogP contribution in [0.15, 0.2) is 4.52 Å². The molecule has 17 heavy (non-hydrogen) atoms. The van der Waals surface area contributed by atoms with E-state index in [1.165, 1.54) is 0 Å². The minimum atomic E-state index is -4.55. The number of hydrogen-bond acceptors (Lipinski definition) is 5. The molecule has 2 N–H and O–H groups in total. The first-order valence-corrected chi connectivity index (χ1v) is 5.31. The fraction of sp³-hybridized carbons (Fsp3) is 0.778. The van der Waals surface area contributed by atoms with Gasteiger partial charge in [-0.05, 0) is 25.4 Å². The minimum absolute atomic E-state index is 0.00463. The summed E-state index contributed by atoms with van der Waals surface area (Å²) in [6.45, 7) is 2.40. The number of nitrogens with two attached hydrogens (primary N) is 1. The summed E-state index contributed by atoms with van der Waals surface area (Å²) in [7, 11) is 0. The lowest BCUT2D eigenvalue weighted by atomic mass is 10.1. The van der Waals surface area contributed by atoms with E-state index in [9.17, 15) is 13.2 Å². The van der Waals surface area contributed by atoms with E-state index in [0.29, 0.717) is 12.5 Å². The van der Waals surface area contributed by atoms with E-state index in [2.05, 4.69) is 14.7 Å². The van der Waals surface area contributed by atoms with Crippen molar-refractivity contribution in [3.8, 4) is 0 Å². The fourth-order valence-electron chi connectivity index (χ4n) is 1.87. The second kappa shape index (κ2) is 4.61. The molecule has 5 nitrogen and oxygen atoms in total. The zero-order valence-electron chi connectivity index (χ0n) is 9.07. The number of aromatic nitrogens is 2. The van der Waals surface area contributed by atoms with E-state index in [1.54, 1.807) is 0 Å². The second-order valence-corrected chi connectivity index (χ2v) is 4.14. The van der Waals surface area contributed by atoms with Crippen molar-refractivity contribution in [1.29, 1.82) is 0 Å².